The molecule has 2 heterocycles. The van der Waals surface area contributed by atoms with Crippen molar-refractivity contribution in [3.63, 3.8) is 0 Å². The SMILES string of the molecule is Nc1ccc(C(=O)N2CC(=O)[C@@H]3[C@H]2CCN3C(=O)[C@H](Cc2ccc(O)cc2)NC(=O)c2cccc(Br)c2)cc1. The zero-order chi connectivity index (χ0) is 27.7. The van der Waals surface area contributed by atoms with Crippen LogP contribution < -0.4 is 11.1 Å². The van der Waals surface area contributed by atoms with Crippen molar-refractivity contribution in [3.05, 3.63) is 94.0 Å². The third-order valence-corrected chi connectivity index (χ3v) is 7.68. The van der Waals surface area contributed by atoms with Crippen molar-refractivity contribution in [2.45, 2.75) is 31.0 Å². The first kappa shape index (κ1) is 26.4. The van der Waals surface area contributed by atoms with E-state index in [1.807, 2.05) is 0 Å². The molecule has 3 aromatic carbocycles. The van der Waals surface area contributed by atoms with Crippen LogP contribution in [0.1, 0.15) is 32.7 Å². The van der Waals surface area contributed by atoms with Gasteiger partial charge in [0.1, 0.15) is 17.8 Å². The Labute approximate surface area is 233 Å². The molecule has 2 fully saturated rings. The number of hydrogen-bond acceptors (Lipinski definition) is 6. The molecule has 39 heavy (non-hydrogen) atoms. The Morgan fingerprint density at radius 3 is 2.41 bits per heavy atom. The van der Waals surface area contributed by atoms with Crippen LogP contribution in [-0.4, -0.2) is 69.6 Å². The van der Waals surface area contributed by atoms with Crippen LogP contribution in [0.25, 0.3) is 0 Å². The number of rotatable bonds is 6. The molecule has 0 aliphatic carbocycles. The molecule has 0 unspecified atom stereocenters. The zero-order valence-electron chi connectivity index (χ0n) is 20.9. The highest BCUT2D eigenvalue weighted by atomic mass is 79.9. The third-order valence-electron chi connectivity index (χ3n) is 7.19. The molecule has 3 aromatic rings. The zero-order valence-corrected chi connectivity index (χ0v) is 22.5. The molecule has 0 bridgehead atoms. The molecule has 0 saturated carbocycles. The number of phenols is 1. The Bertz CT molecular complexity index is 1430. The summed E-state index contributed by atoms with van der Waals surface area (Å²) >= 11 is 3.36. The van der Waals surface area contributed by atoms with E-state index < -0.39 is 29.9 Å². The number of amides is 3. The predicted molar refractivity (Wildman–Crippen MR) is 148 cm³/mol. The largest absolute Gasteiger partial charge is 0.508 e. The number of benzene rings is 3. The molecule has 2 saturated heterocycles. The molecule has 5 rings (SSSR count). The van der Waals surface area contributed by atoms with Crippen LogP contribution in [0.4, 0.5) is 5.69 Å². The number of carbonyl (C=O) groups excluding carboxylic acids is 4. The monoisotopic (exact) mass is 590 g/mol. The predicted octanol–water partition coefficient (Wildman–Crippen LogP) is 2.77. The lowest BCUT2D eigenvalue weighted by molar-refractivity contribution is -0.138. The smallest absolute Gasteiger partial charge is 0.254 e. The number of nitrogens with two attached hydrogens (primary N) is 1. The number of likely N-dealkylation sites (tertiary alicyclic amines) is 2. The van der Waals surface area contributed by atoms with Crippen LogP contribution in [0.15, 0.2) is 77.3 Å². The second-order valence-corrected chi connectivity index (χ2v) is 10.7. The molecule has 0 radical (unpaired) electrons. The molecular weight excluding hydrogens is 564 g/mol. The highest BCUT2D eigenvalue weighted by Crippen LogP contribution is 2.32. The Morgan fingerprint density at radius 1 is 1.00 bits per heavy atom. The normalized spacial score (nSPS) is 19.1. The molecule has 3 atom stereocenters. The van der Waals surface area contributed by atoms with Gasteiger partial charge in [-0.1, -0.05) is 34.1 Å². The number of nitrogens with zero attached hydrogens (tertiary/aromatic N) is 2. The minimum absolute atomic E-state index is 0.0876. The van der Waals surface area contributed by atoms with E-state index in [0.717, 1.165) is 10.0 Å². The first-order valence-electron chi connectivity index (χ1n) is 12.6. The fraction of sp³-hybridized carbons (Fsp3) is 0.241. The van der Waals surface area contributed by atoms with E-state index >= 15 is 0 Å². The Kier molecular flexibility index (Phi) is 7.38. The van der Waals surface area contributed by atoms with Crippen molar-refractivity contribution in [1.29, 1.82) is 0 Å². The van der Waals surface area contributed by atoms with Crippen LogP contribution in [-0.2, 0) is 16.0 Å². The molecule has 2 aliphatic heterocycles. The lowest BCUT2D eigenvalue weighted by Crippen LogP contribution is -2.53. The summed E-state index contributed by atoms with van der Waals surface area (Å²) in [5, 5.41) is 12.5. The summed E-state index contributed by atoms with van der Waals surface area (Å²) in [5.41, 5.74) is 7.81. The number of Topliss-reactive ketones (excluding diaryl/α,β-unsaturated/α-hetero) is 1. The van der Waals surface area contributed by atoms with Gasteiger partial charge < -0.3 is 26.0 Å². The van der Waals surface area contributed by atoms with E-state index in [1.54, 1.807) is 60.7 Å². The van der Waals surface area contributed by atoms with E-state index in [2.05, 4.69) is 21.2 Å². The van der Waals surface area contributed by atoms with Crippen molar-refractivity contribution >= 4 is 45.1 Å². The van der Waals surface area contributed by atoms with Gasteiger partial charge in [-0.15, -0.1) is 0 Å². The minimum atomic E-state index is -0.963. The summed E-state index contributed by atoms with van der Waals surface area (Å²) in [7, 11) is 0. The number of phenolic OH excluding ortho intramolecular Hbond substituents is 1. The molecule has 0 aromatic heterocycles. The van der Waals surface area contributed by atoms with Crippen LogP contribution in [0.3, 0.4) is 0 Å². The van der Waals surface area contributed by atoms with Crippen molar-refractivity contribution < 1.29 is 24.3 Å². The summed E-state index contributed by atoms with van der Waals surface area (Å²) < 4.78 is 0.723. The number of nitrogen functional groups attached to an aromatic ring is 1. The van der Waals surface area contributed by atoms with Gasteiger partial charge in [-0.2, -0.15) is 0 Å². The summed E-state index contributed by atoms with van der Waals surface area (Å²) in [6, 6.07) is 17.5. The van der Waals surface area contributed by atoms with Crippen LogP contribution in [0, 0.1) is 0 Å². The molecule has 10 heteroatoms. The summed E-state index contributed by atoms with van der Waals surface area (Å²) in [5.74, 6) is -1.23. The number of hydrogen-bond donors (Lipinski definition) is 3. The van der Waals surface area contributed by atoms with Gasteiger partial charge in [0.05, 0.1) is 12.6 Å². The molecule has 200 valence electrons. The highest BCUT2D eigenvalue weighted by Gasteiger charge is 2.52. The van der Waals surface area contributed by atoms with Gasteiger partial charge in [0.15, 0.2) is 5.78 Å². The van der Waals surface area contributed by atoms with Gasteiger partial charge >= 0.3 is 0 Å². The fourth-order valence-corrected chi connectivity index (χ4v) is 5.67. The van der Waals surface area contributed by atoms with Crippen LogP contribution in [0.5, 0.6) is 5.75 Å². The van der Waals surface area contributed by atoms with E-state index in [1.165, 1.54) is 21.9 Å². The standard InChI is InChI=1S/C29H27BrN4O5/c30-20-3-1-2-19(15-20)27(37)32-23(14-17-4-10-22(35)11-5-17)29(39)33-13-12-24-26(33)25(36)16-34(24)28(38)18-6-8-21(31)9-7-18/h1-11,15,23-24,26,35H,12-14,16,31H2,(H,32,37)/t23-,24+,26-/m0/s1. The number of aromatic hydroxyl groups is 1. The van der Waals surface area contributed by atoms with Crippen LogP contribution in [0.2, 0.25) is 0 Å². The van der Waals surface area contributed by atoms with Gasteiger partial charge in [-0.3, -0.25) is 19.2 Å². The lowest BCUT2D eigenvalue weighted by atomic mass is 10.0. The minimum Gasteiger partial charge on any atom is -0.508 e. The molecule has 9 nitrogen and oxygen atoms in total. The Hall–Kier alpha value is -4.18. The maximum absolute atomic E-state index is 13.9. The maximum atomic E-state index is 13.9. The van der Waals surface area contributed by atoms with E-state index in [4.69, 9.17) is 5.73 Å². The summed E-state index contributed by atoms with van der Waals surface area (Å²) in [6.45, 7) is 0.194. The van der Waals surface area contributed by atoms with E-state index in [0.29, 0.717) is 23.2 Å². The lowest BCUT2D eigenvalue weighted by Gasteiger charge is -2.28. The van der Waals surface area contributed by atoms with E-state index in [-0.39, 0.29) is 37.0 Å². The number of nitrogens with one attached hydrogen (secondary N) is 1. The van der Waals surface area contributed by atoms with Gasteiger partial charge in [0.25, 0.3) is 11.8 Å². The maximum Gasteiger partial charge on any atom is 0.254 e. The van der Waals surface area contributed by atoms with Gasteiger partial charge in [-0.25, -0.2) is 0 Å². The van der Waals surface area contributed by atoms with Crippen LogP contribution >= 0.6 is 15.9 Å². The first-order chi connectivity index (χ1) is 18.7. The number of ketones is 1. The number of fused-ring (bicyclic) bond motifs is 1. The second-order valence-electron chi connectivity index (χ2n) is 9.76. The quantitative estimate of drug-likeness (QED) is 0.378. The average Bonchev–Trinajstić information content (AvgIpc) is 3.50. The first-order valence-corrected chi connectivity index (χ1v) is 13.3. The van der Waals surface area contributed by atoms with Gasteiger partial charge in [0.2, 0.25) is 5.91 Å². The van der Waals surface area contributed by atoms with E-state index in [9.17, 15) is 24.3 Å². The Morgan fingerprint density at radius 2 is 1.72 bits per heavy atom. The van der Waals surface area contributed by atoms with Gasteiger partial charge in [0, 0.05) is 34.3 Å². The van der Waals surface area contributed by atoms with Crippen molar-refractivity contribution in [2.75, 3.05) is 18.8 Å². The second kappa shape index (κ2) is 10.9. The van der Waals surface area contributed by atoms with Crippen molar-refractivity contribution in [1.82, 2.24) is 15.1 Å². The third kappa shape index (κ3) is 5.51. The molecular formula is C29H27BrN4O5. The number of carbonyl (C=O) groups is 4. The topological polar surface area (TPSA) is 133 Å². The number of halogens is 1. The average molecular weight is 591 g/mol. The van der Waals surface area contributed by atoms with Crippen molar-refractivity contribution in [3.8, 4) is 5.75 Å². The highest BCUT2D eigenvalue weighted by molar-refractivity contribution is 9.10. The van der Waals surface area contributed by atoms with Crippen molar-refractivity contribution in [2.24, 2.45) is 0 Å². The molecule has 2 aliphatic rings. The summed E-state index contributed by atoms with van der Waals surface area (Å²) in [6.07, 6.45) is 0.614. The Balaban J connectivity index is 1.38. The molecule has 0 spiro atoms. The summed E-state index contributed by atoms with van der Waals surface area (Å²) in [4.78, 5) is 56.4. The molecule has 3 amide bonds. The van der Waals surface area contributed by atoms with Gasteiger partial charge in [-0.05, 0) is 66.6 Å². The number of anilines is 1. The molecule has 4 N–H and O–H groups in total. The fourth-order valence-electron chi connectivity index (χ4n) is 5.27.